The molecule has 0 bridgehead atoms. The molecule has 3 heterocycles. The van der Waals surface area contributed by atoms with E-state index in [1.54, 1.807) is 11.3 Å². The lowest BCUT2D eigenvalue weighted by molar-refractivity contribution is 0.161. The molecule has 1 N–H and O–H groups in total. The lowest BCUT2D eigenvalue weighted by Crippen LogP contribution is -2.61. The maximum atomic E-state index is 4.56. The van der Waals surface area contributed by atoms with Crippen LogP contribution in [-0.4, -0.2) is 39.3 Å². The quantitative estimate of drug-likeness (QED) is 0.724. The lowest BCUT2D eigenvalue weighted by Gasteiger charge is -2.48. The van der Waals surface area contributed by atoms with E-state index in [2.05, 4.69) is 72.3 Å². The van der Waals surface area contributed by atoms with Crippen molar-refractivity contribution in [2.75, 3.05) is 11.9 Å². The number of nitrogens with zero attached hydrogens (tertiary/aromatic N) is 4. The molecule has 27 heavy (non-hydrogen) atoms. The smallest absolute Gasteiger partial charge is 0.208 e. The predicted molar refractivity (Wildman–Crippen MR) is 113 cm³/mol. The molecule has 2 aromatic heterocycles. The molecule has 0 aliphatic carbocycles. The van der Waals surface area contributed by atoms with Gasteiger partial charge < -0.3 is 10.2 Å². The van der Waals surface area contributed by atoms with Gasteiger partial charge in [-0.25, -0.2) is 0 Å². The molecule has 6 heteroatoms. The van der Waals surface area contributed by atoms with Crippen LogP contribution < -0.4 is 10.2 Å². The molecule has 0 spiro atoms. The maximum absolute atomic E-state index is 4.56. The Morgan fingerprint density at radius 2 is 1.78 bits per heavy atom. The van der Waals surface area contributed by atoms with Gasteiger partial charge in [-0.2, -0.15) is 0 Å². The number of piperidine rings is 1. The van der Waals surface area contributed by atoms with Gasteiger partial charge in [0.15, 0.2) is 5.01 Å². The molecule has 1 aliphatic rings. The highest BCUT2D eigenvalue weighted by Gasteiger charge is 2.39. The van der Waals surface area contributed by atoms with Crippen LogP contribution in [0.2, 0.25) is 0 Å². The molecular formula is C21H27N5S. The van der Waals surface area contributed by atoms with Crippen LogP contribution >= 0.6 is 11.3 Å². The van der Waals surface area contributed by atoms with Gasteiger partial charge in [-0.05, 0) is 52.7 Å². The average Bonchev–Trinajstić information content (AvgIpc) is 3.08. The van der Waals surface area contributed by atoms with E-state index in [1.807, 2.05) is 24.4 Å². The zero-order chi connectivity index (χ0) is 19.2. The third-order valence-electron chi connectivity index (χ3n) is 5.27. The maximum Gasteiger partial charge on any atom is 0.208 e. The summed E-state index contributed by atoms with van der Waals surface area (Å²) in [7, 11) is 2.14. The van der Waals surface area contributed by atoms with Gasteiger partial charge in [0.25, 0.3) is 0 Å². The van der Waals surface area contributed by atoms with Gasteiger partial charge in [0.05, 0.1) is 5.52 Å². The molecule has 0 atom stereocenters. The topological polar surface area (TPSA) is 53.9 Å². The zero-order valence-electron chi connectivity index (χ0n) is 16.7. The number of aromatic nitrogens is 3. The standard InChI is InChI=1S/C21H27N5S/c1-20(2)11-16(12-21(3,4)25-20)26(5)19-24-23-18(27-19)15-10-14-8-6-7-9-17(14)22-13-15/h6-10,13,16,25H,11-12H2,1-5H3. The van der Waals surface area contributed by atoms with E-state index >= 15 is 0 Å². The van der Waals surface area contributed by atoms with Crippen molar-refractivity contribution in [1.29, 1.82) is 0 Å². The number of hydrogen-bond acceptors (Lipinski definition) is 6. The van der Waals surface area contributed by atoms with Crippen molar-refractivity contribution in [3.8, 4) is 10.6 Å². The monoisotopic (exact) mass is 381 g/mol. The minimum absolute atomic E-state index is 0.108. The fourth-order valence-corrected chi connectivity index (χ4v) is 5.22. The second-order valence-corrected chi connectivity index (χ2v) is 9.83. The summed E-state index contributed by atoms with van der Waals surface area (Å²) < 4.78 is 0. The zero-order valence-corrected chi connectivity index (χ0v) is 17.5. The van der Waals surface area contributed by atoms with E-state index in [4.69, 9.17) is 0 Å². The van der Waals surface area contributed by atoms with Crippen molar-refractivity contribution in [1.82, 2.24) is 20.5 Å². The van der Waals surface area contributed by atoms with E-state index < -0.39 is 0 Å². The number of rotatable bonds is 3. The average molecular weight is 382 g/mol. The van der Waals surface area contributed by atoms with Crippen LogP contribution in [0.25, 0.3) is 21.5 Å². The van der Waals surface area contributed by atoms with Gasteiger partial charge in [-0.15, -0.1) is 10.2 Å². The molecular weight excluding hydrogens is 354 g/mol. The Balaban J connectivity index is 1.59. The van der Waals surface area contributed by atoms with Gasteiger partial charge in [0, 0.05) is 41.3 Å². The number of nitrogens with one attached hydrogen (secondary N) is 1. The van der Waals surface area contributed by atoms with Crippen molar-refractivity contribution < 1.29 is 0 Å². The Hall–Kier alpha value is -2.05. The van der Waals surface area contributed by atoms with Crippen LogP contribution in [0.1, 0.15) is 40.5 Å². The summed E-state index contributed by atoms with van der Waals surface area (Å²) in [4.78, 5) is 6.86. The van der Waals surface area contributed by atoms with Crippen LogP contribution in [0.15, 0.2) is 36.5 Å². The van der Waals surface area contributed by atoms with E-state index in [9.17, 15) is 0 Å². The minimum Gasteiger partial charge on any atom is -0.347 e. The van der Waals surface area contributed by atoms with Crippen LogP contribution in [0.3, 0.4) is 0 Å². The van der Waals surface area contributed by atoms with E-state index in [1.165, 1.54) is 0 Å². The second kappa shape index (κ2) is 6.53. The normalized spacial score (nSPS) is 19.3. The van der Waals surface area contributed by atoms with Crippen LogP contribution in [-0.2, 0) is 0 Å². The third kappa shape index (κ3) is 3.82. The molecule has 142 valence electrons. The number of pyridine rings is 1. The van der Waals surface area contributed by atoms with E-state index in [0.717, 1.165) is 39.4 Å². The van der Waals surface area contributed by atoms with E-state index in [-0.39, 0.29) is 11.1 Å². The Labute approximate surface area is 164 Å². The Bertz CT molecular complexity index is 946. The van der Waals surface area contributed by atoms with Crippen LogP contribution in [0.4, 0.5) is 5.13 Å². The fraction of sp³-hybridized carbons (Fsp3) is 0.476. The lowest BCUT2D eigenvalue weighted by atomic mass is 9.79. The molecule has 1 saturated heterocycles. The number of anilines is 1. The van der Waals surface area contributed by atoms with Gasteiger partial charge >= 0.3 is 0 Å². The van der Waals surface area contributed by atoms with Crippen molar-refractivity contribution in [3.05, 3.63) is 36.5 Å². The summed E-state index contributed by atoms with van der Waals surface area (Å²) in [5, 5.41) is 15.7. The largest absolute Gasteiger partial charge is 0.347 e. The summed E-state index contributed by atoms with van der Waals surface area (Å²) in [6, 6.07) is 10.7. The Kier molecular flexibility index (Phi) is 4.43. The van der Waals surface area contributed by atoms with Gasteiger partial charge in [0.1, 0.15) is 0 Å². The number of para-hydroxylation sites is 1. The second-order valence-electron chi connectivity index (χ2n) is 8.87. The highest BCUT2D eigenvalue weighted by atomic mass is 32.1. The third-order valence-corrected chi connectivity index (χ3v) is 6.33. The highest BCUT2D eigenvalue weighted by molar-refractivity contribution is 7.18. The number of fused-ring (bicyclic) bond motifs is 1. The molecule has 0 amide bonds. The molecule has 0 unspecified atom stereocenters. The molecule has 1 aliphatic heterocycles. The van der Waals surface area contributed by atoms with Crippen molar-refractivity contribution in [3.63, 3.8) is 0 Å². The molecule has 0 radical (unpaired) electrons. The van der Waals surface area contributed by atoms with Crippen LogP contribution in [0, 0.1) is 0 Å². The summed E-state index contributed by atoms with van der Waals surface area (Å²) in [6.07, 6.45) is 4.06. The van der Waals surface area contributed by atoms with Gasteiger partial charge in [-0.1, -0.05) is 29.5 Å². The minimum atomic E-state index is 0.108. The number of benzene rings is 1. The first-order valence-electron chi connectivity index (χ1n) is 9.43. The Morgan fingerprint density at radius 3 is 2.52 bits per heavy atom. The molecule has 0 saturated carbocycles. The molecule has 3 aromatic rings. The Morgan fingerprint density at radius 1 is 1.07 bits per heavy atom. The molecule has 1 aromatic carbocycles. The fourth-order valence-electron chi connectivity index (χ4n) is 4.36. The summed E-state index contributed by atoms with van der Waals surface area (Å²) >= 11 is 1.64. The first-order chi connectivity index (χ1) is 12.7. The summed E-state index contributed by atoms with van der Waals surface area (Å²) in [6.45, 7) is 9.12. The first kappa shape index (κ1) is 18.3. The summed E-state index contributed by atoms with van der Waals surface area (Å²) in [5.74, 6) is 0. The van der Waals surface area contributed by atoms with Crippen molar-refractivity contribution >= 4 is 27.4 Å². The number of hydrogen-bond donors (Lipinski definition) is 1. The summed E-state index contributed by atoms with van der Waals surface area (Å²) in [5.41, 5.74) is 2.24. The molecule has 4 rings (SSSR count). The highest BCUT2D eigenvalue weighted by Crippen LogP contribution is 2.36. The van der Waals surface area contributed by atoms with Crippen molar-refractivity contribution in [2.45, 2.75) is 57.7 Å². The van der Waals surface area contributed by atoms with Crippen LogP contribution in [0.5, 0.6) is 0 Å². The SMILES string of the molecule is CN(c1nnc(-c2cnc3ccccc3c2)s1)C1CC(C)(C)NC(C)(C)C1. The van der Waals surface area contributed by atoms with Gasteiger partial charge in [-0.3, -0.25) is 4.98 Å². The molecule has 1 fully saturated rings. The van der Waals surface area contributed by atoms with Gasteiger partial charge in [0.2, 0.25) is 5.13 Å². The van der Waals surface area contributed by atoms with E-state index in [0.29, 0.717) is 6.04 Å². The molecule has 5 nitrogen and oxygen atoms in total. The predicted octanol–water partition coefficient (Wildman–Crippen LogP) is 4.50. The van der Waals surface area contributed by atoms with Crippen molar-refractivity contribution in [2.24, 2.45) is 0 Å². The first-order valence-corrected chi connectivity index (χ1v) is 10.2.